The van der Waals surface area contributed by atoms with E-state index in [0.29, 0.717) is 5.15 Å². The van der Waals surface area contributed by atoms with Crippen LogP contribution in [0.25, 0.3) is 10.9 Å². The molecule has 5 heteroatoms. The summed E-state index contributed by atoms with van der Waals surface area (Å²) < 4.78 is 3.98. The Hall–Kier alpha value is -1.78. The van der Waals surface area contributed by atoms with E-state index in [1.165, 1.54) is 16.5 Å². The average molecular weight is 303 g/mol. The van der Waals surface area contributed by atoms with Crippen LogP contribution in [-0.2, 0) is 20.1 Å². The summed E-state index contributed by atoms with van der Waals surface area (Å²) in [5.74, 6) is 0. The Labute approximate surface area is 129 Å². The van der Waals surface area contributed by atoms with Crippen LogP contribution in [0.4, 0.5) is 0 Å². The molecule has 0 unspecified atom stereocenters. The Balaban J connectivity index is 2.08. The third-order valence-electron chi connectivity index (χ3n) is 3.84. The first-order valence-electron chi connectivity index (χ1n) is 7.01. The van der Waals surface area contributed by atoms with Crippen LogP contribution in [0.1, 0.15) is 16.8 Å². The van der Waals surface area contributed by atoms with Crippen LogP contribution < -0.4 is 5.32 Å². The van der Waals surface area contributed by atoms with Crippen LogP contribution in [0.2, 0.25) is 5.15 Å². The molecule has 0 aliphatic heterocycles. The minimum Gasteiger partial charge on any atom is -0.343 e. The molecule has 0 saturated heterocycles. The molecule has 110 valence electrons. The van der Waals surface area contributed by atoms with Gasteiger partial charge in [0.1, 0.15) is 5.15 Å². The topological polar surface area (TPSA) is 34.8 Å². The van der Waals surface area contributed by atoms with Gasteiger partial charge >= 0.3 is 0 Å². The lowest BCUT2D eigenvalue weighted by molar-refractivity contribution is 0.756. The zero-order valence-electron chi connectivity index (χ0n) is 12.5. The van der Waals surface area contributed by atoms with Crippen molar-refractivity contribution in [2.75, 3.05) is 7.05 Å². The van der Waals surface area contributed by atoms with E-state index in [1.54, 1.807) is 4.68 Å². The molecule has 1 N–H and O–H groups in total. The Morgan fingerprint density at radius 1 is 1.29 bits per heavy atom. The van der Waals surface area contributed by atoms with E-state index in [4.69, 9.17) is 11.6 Å². The summed E-state index contributed by atoms with van der Waals surface area (Å²) in [5.41, 5.74) is 4.61. The quantitative estimate of drug-likeness (QED) is 0.803. The fourth-order valence-corrected chi connectivity index (χ4v) is 3.06. The van der Waals surface area contributed by atoms with Crippen molar-refractivity contribution >= 4 is 22.5 Å². The number of nitrogens with zero attached hydrogens (tertiary/aromatic N) is 3. The third-order valence-corrected chi connectivity index (χ3v) is 4.31. The van der Waals surface area contributed by atoms with Crippen LogP contribution >= 0.6 is 11.6 Å². The zero-order valence-corrected chi connectivity index (χ0v) is 13.3. The normalized spacial score (nSPS) is 11.4. The van der Waals surface area contributed by atoms with Crippen molar-refractivity contribution in [3.05, 3.63) is 52.4 Å². The van der Waals surface area contributed by atoms with E-state index in [9.17, 15) is 0 Å². The minimum atomic E-state index is 0.709. The maximum absolute atomic E-state index is 6.36. The Bertz CT molecular complexity index is 785. The third kappa shape index (κ3) is 2.45. The van der Waals surface area contributed by atoms with Crippen molar-refractivity contribution in [1.82, 2.24) is 19.7 Å². The molecule has 2 heterocycles. The maximum atomic E-state index is 6.36. The number of fused-ring (bicyclic) bond motifs is 1. The van der Waals surface area contributed by atoms with Crippen molar-refractivity contribution < 1.29 is 0 Å². The number of aryl methyl sites for hydroxylation is 2. The van der Waals surface area contributed by atoms with Crippen molar-refractivity contribution in [3.8, 4) is 0 Å². The van der Waals surface area contributed by atoms with Crippen molar-refractivity contribution in [3.63, 3.8) is 0 Å². The molecule has 4 nitrogen and oxygen atoms in total. The standard InChI is InChI=1S/C16H19ClN4/c1-11-14(16(17)20(3)19-11)10-21-8-7-12-5-4-6-13(9-18-2)15(12)21/h4-8,18H,9-10H2,1-3H3. The molecule has 0 radical (unpaired) electrons. The summed E-state index contributed by atoms with van der Waals surface area (Å²) in [6.45, 7) is 3.59. The number of rotatable bonds is 4. The fraction of sp³-hybridized carbons (Fsp3) is 0.312. The molecule has 0 amide bonds. The SMILES string of the molecule is CNCc1cccc2ccn(Cc3c(C)nn(C)c3Cl)c12. The van der Waals surface area contributed by atoms with E-state index in [0.717, 1.165) is 24.3 Å². The number of halogens is 1. The lowest BCUT2D eigenvalue weighted by Crippen LogP contribution is -2.08. The predicted octanol–water partition coefficient (Wildman–Crippen LogP) is 3.10. The van der Waals surface area contributed by atoms with Gasteiger partial charge in [-0.2, -0.15) is 5.10 Å². The first-order chi connectivity index (χ1) is 10.1. The van der Waals surface area contributed by atoms with E-state index < -0.39 is 0 Å². The van der Waals surface area contributed by atoms with Crippen LogP contribution in [0, 0.1) is 6.92 Å². The second kappa shape index (κ2) is 5.54. The van der Waals surface area contributed by atoms with Gasteiger partial charge in [-0.3, -0.25) is 4.68 Å². The van der Waals surface area contributed by atoms with Crippen molar-refractivity contribution in [2.24, 2.45) is 7.05 Å². The molecule has 0 atom stereocenters. The molecular formula is C16H19ClN4. The van der Waals surface area contributed by atoms with Crippen molar-refractivity contribution in [1.29, 1.82) is 0 Å². The molecular weight excluding hydrogens is 284 g/mol. The largest absolute Gasteiger partial charge is 0.343 e. The number of para-hydroxylation sites is 1. The van der Waals surface area contributed by atoms with E-state index >= 15 is 0 Å². The molecule has 0 spiro atoms. The number of aromatic nitrogens is 3. The van der Waals surface area contributed by atoms with Gasteiger partial charge in [0.2, 0.25) is 0 Å². The highest BCUT2D eigenvalue weighted by atomic mass is 35.5. The monoisotopic (exact) mass is 302 g/mol. The van der Waals surface area contributed by atoms with Crippen LogP contribution in [0.15, 0.2) is 30.5 Å². The molecule has 3 rings (SSSR count). The Morgan fingerprint density at radius 2 is 2.10 bits per heavy atom. The fourth-order valence-electron chi connectivity index (χ4n) is 2.83. The highest BCUT2D eigenvalue weighted by Crippen LogP contribution is 2.25. The molecule has 0 bridgehead atoms. The number of hydrogen-bond acceptors (Lipinski definition) is 2. The Kier molecular flexibility index (Phi) is 3.74. The van der Waals surface area contributed by atoms with Gasteiger partial charge in [-0.1, -0.05) is 29.8 Å². The van der Waals surface area contributed by atoms with Gasteiger partial charge in [0.05, 0.1) is 17.8 Å². The molecule has 0 aliphatic rings. The highest BCUT2D eigenvalue weighted by molar-refractivity contribution is 6.30. The summed E-state index contributed by atoms with van der Waals surface area (Å²) in [6.07, 6.45) is 2.12. The smallest absolute Gasteiger partial charge is 0.131 e. The summed E-state index contributed by atoms with van der Waals surface area (Å²) in [5, 5.41) is 9.58. The number of benzene rings is 1. The Morgan fingerprint density at radius 3 is 2.76 bits per heavy atom. The second-order valence-electron chi connectivity index (χ2n) is 5.31. The van der Waals surface area contributed by atoms with Gasteiger partial charge in [-0.15, -0.1) is 0 Å². The van der Waals surface area contributed by atoms with Crippen LogP contribution in [0.3, 0.4) is 0 Å². The zero-order chi connectivity index (χ0) is 15.0. The van der Waals surface area contributed by atoms with Gasteiger partial charge in [0.25, 0.3) is 0 Å². The summed E-state index contributed by atoms with van der Waals surface area (Å²) in [7, 11) is 3.84. The average Bonchev–Trinajstić information content (AvgIpc) is 2.97. The lowest BCUT2D eigenvalue weighted by Gasteiger charge is -2.10. The molecule has 0 saturated carbocycles. The summed E-state index contributed by atoms with van der Waals surface area (Å²) >= 11 is 6.36. The van der Waals surface area contributed by atoms with E-state index in [2.05, 4.69) is 45.4 Å². The second-order valence-corrected chi connectivity index (χ2v) is 5.67. The summed E-state index contributed by atoms with van der Waals surface area (Å²) in [4.78, 5) is 0. The minimum absolute atomic E-state index is 0.709. The highest BCUT2D eigenvalue weighted by Gasteiger charge is 2.13. The van der Waals surface area contributed by atoms with E-state index in [-0.39, 0.29) is 0 Å². The molecule has 3 aromatic rings. The molecule has 21 heavy (non-hydrogen) atoms. The van der Waals surface area contributed by atoms with Gasteiger partial charge < -0.3 is 9.88 Å². The van der Waals surface area contributed by atoms with Crippen LogP contribution in [-0.4, -0.2) is 21.4 Å². The lowest BCUT2D eigenvalue weighted by atomic mass is 10.1. The number of nitrogens with one attached hydrogen (secondary N) is 1. The molecule has 1 aromatic carbocycles. The van der Waals surface area contributed by atoms with Gasteiger partial charge in [0.15, 0.2) is 0 Å². The molecule has 2 aromatic heterocycles. The maximum Gasteiger partial charge on any atom is 0.131 e. The molecule has 0 fully saturated rings. The van der Waals surface area contributed by atoms with Gasteiger partial charge in [0, 0.05) is 25.4 Å². The summed E-state index contributed by atoms with van der Waals surface area (Å²) in [6, 6.07) is 8.55. The van der Waals surface area contributed by atoms with Crippen molar-refractivity contribution in [2.45, 2.75) is 20.0 Å². The van der Waals surface area contributed by atoms with Gasteiger partial charge in [-0.05, 0) is 31.0 Å². The van der Waals surface area contributed by atoms with Crippen LogP contribution in [0.5, 0.6) is 0 Å². The van der Waals surface area contributed by atoms with E-state index in [1.807, 2.05) is 21.0 Å². The molecule has 0 aliphatic carbocycles. The predicted molar refractivity (Wildman–Crippen MR) is 86.8 cm³/mol. The number of hydrogen-bond donors (Lipinski definition) is 1. The van der Waals surface area contributed by atoms with Gasteiger partial charge in [-0.25, -0.2) is 0 Å². The first-order valence-corrected chi connectivity index (χ1v) is 7.39. The first kappa shape index (κ1) is 14.2.